The molecule has 2 N–H and O–H groups in total. The van der Waals surface area contributed by atoms with Crippen LogP contribution < -0.4 is 15.4 Å². The first-order valence-electron chi connectivity index (χ1n) is 12.9. The molecule has 9 nitrogen and oxygen atoms in total. The van der Waals surface area contributed by atoms with E-state index in [1.807, 2.05) is 0 Å². The van der Waals surface area contributed by atoms with Crippen LogP contribution in [0.2, 0.25) is 0 Å². The van der Waals surface area contributed by atoms with Crippen molar-refractivity contribution in [1.29, 1.82) is 0 Å². The molecule has 0 unspecified atom stereocenters. The number of nitrogens with zero attached hydrogens (tertiary/aromatic N) is 2. The summed E-state index contributed by atoms with van der Waals surface area (Å²) in [7, 11) is 0. The van der Waals surface area contributed by atoms with Crippen LogP contribution in [0.15, 0.2) is 24.3 Å². The smallest absolute Gasteiger partial charge is 0.270 e. The Balaban J connectivity index is 1.27. The summed E-state index contributed by atoms with van der Waals surface area (Å²) in [6.45, 7) is 2.95. The van der Waals surface area contributed by atoms with E-state index in [9.17, 15) is 18.8 Å². The Morgan fingerprint density at radius 2 is 1.84 bits per heavy atom. The minimum Gasteiger partial charge on any atom is -0.491 e. The highest BCUT2D eigenvalue weighted by atomic mass is 19.1. The molecule has 2 fully saturated rings. The molecule has 0 atom stereocenters. The van der Waals surface area contributed by atoms with Crippen LogP contribution in [0.4, 0.5) is 4.39 Å². The number of aromatic nitrogens is 1. The quantitative estimate of drug-likeness (QED) is 0.590. The predicted molar refractivity (Wildman–Crippen MR) is 132 cm³/mol. The van der Waals surface area contributed by atoms with Gasteiger partial charge in [-0.2, -0.15) is 0 Å². The highest BCUT2D eigenvalue weighted by Gasteiger charge is 2.25. The second-order valence-electron chi connectivity index (χ2n) is 9.66. The number of hydrogen-bond donors (Lipinski definition) is 2. The molecule has 4 heterocycles. The summed E-state index contributed by atoms with van der Waals surface area (Å²) >= 11 is 0. The number of nitrogens with one attached hydrogen (secondary N) is 2. The third kappa shape index (κ3) is 5.90. The van der Waals surface area contributed by atoms with Crippen molar-refractivity contribution in [3.05, 3.63) is 58.2 Å². The number of hydrogen-bond acceptors (Lipinski definition) is 6. The fourth-order valence-electron chi connectivity index (χ4n) is 4.99. The van der Waals surface area contributed by atoms with Crippen LogP contribution >= 0.6 is 0 Å². The number of benzene rings is 1. The topological polar surface area (TPSA) is 110 Å². The van der Waals surface area contributed by atoms with Gasteiger partial charge in [0, 0.05) is 50.8 Å². The molecule has 196 valence electrons. The van der Waals surface area contributed by atoms with Crippen molar-refractivity contribution in [1.82, 2.24) is 20.5 Å². The molecule has 0 bridgehead atoms. The Hall–Kier alpha value is -3.53. The number of ether oxygens (including phenoxy) is 2. The molecular formula is C27H31FN4O5. The predicted octanol–water partition coefficient (Wildman–Crippen LogP) is 2.01. The SMILES string of the molecule is O=C(NC1CCOCC1)c1cc(Cc2ccc(C(=O)NCC(=O)N3CCCC3)c(F)c2)c2c(n1)CCO2. The maximum Gasteiger partial charge on any atom is 0.270 e. The van der Waals surface area contributed by atoms with E-state index in [4.69, 9.17) is 9.47 Å². The Morgan fingerprint density at radius 3 is 2.59 bits per heavy atom. The summed E-state index contributed by atoms with van der Waals surface area (Å²) in [6.07, 6.45) is 4.36. The number of fused-ring (bicyclic) bond motifs is 1. The van der Waals surface area contributed by atoms with Crippen LogP contribution in [0.5, 0.6) is 5.75 Å². The second kappa shape index (κ2) is 11.2. The third-order valence-electron chi connectivity index (χ3n) is 7.03. The summed E-state index contributed by atoms with van der Waals surface area (Å²) in [5, 5.41) is 5.55. The molecule has 3 aliphatic heterocycles. The lowest BCUT2D eigenvalue weighted by molar-refractivity contribution is -0.129. The zero-order chi connectivity index (χ0) is 25.8. The molecule has 2 aromatic rings. The van der Waals surface area contributed by atoms with E-state index >= 15 is 0 Å². The Kier molecular flexibility index (Phi) is 7.64. The maximum absolute atomic E-state index is 14.9. The van der Waals surface area contributed by atoms with Crippen molar-refractivity contribution in [2.75, 3.05) is 39.5 Å². The first kappa shape index (κ1) is 25.1. The summed E-state index contributed by atoms with van der Waals surface area (Å²) in [4.78, 5) is 43.8. The molecule has 10 heteroatoms. The van der Waals surface area contributed by atoms with Crippen molar-refractivity contribution in [2.24, 2.45) is 0 Å². The highest BCUT2D eigenvalue weighted by molar-refractivity contribution is 5.96. The average molecular weight is 511 g/mol. The molecule has 37 heavy (non-hydrogen) atoms. The van der Waals surface area contributed by atoms with E-state index in [2.05, 4.69) is 15.6 Å². The minimum absolute atomic E-state index is 0.0504. The zero-order valence-corrected chi connectivity index (χ0v) is 20.7. The normalized spacial score (nSPS) is 17.3. The standard InChI is InChI=1S/C27H31FN4O5/c28-21-14-17(3-4-20(21)26(34)29-16-24(33)32-8-1-2-9-32)13-18-15-23(31-22-7-12-37-25(18)22)27(35)30-19-5-10-36-11-6-19/h3-4,14-15,19H,1-2,5-13,16H2,(H,29,34)(H,30,35). The van der Waals surface area contributed by atoms with Crippen molar-refractivity contribution in [3.63, 3.8) is 0 Å². The van der Waals surface area contributed by atoms with E-state index in [1.54, 1.807) is 17.0 Å². The first-order valence-corrected chi connectivity index (χ1v) is 12.9. The zero-order valence-electron chi connectivity index (χ0n) is 20.7. The molecule has 2 saturated heterocycles. The molecule has 5 rings (SSSR count). The molecule has 0 aliphatic carbocycles. The van der Waals surface area contributed by atoms with Gasteiger partial charge in [0.1, 0.15) is 17.3 Å². The van der Waals surface area contributed by atoms with Gasteiger partial charge in [0.15, 0.2) is 0 Å². The summed E-state index contributed by atoms with van der Waals surface area (Å²) < 4.78 is 26.0. The van der Waals surface area contributed by atoms with Crippen molar-refractivity contribution in [3.8, 4) is 5.75 Å². The minimum atomic E-state index is -0.673. The lowest BCUT2D eigenvalue weighted by Gasteiger charge is -2.23. The number of likely N-dealkylation sites (tertiary alicyclic amines) is 1. The summed E-state index contributed by atoms with van der Waals surface area (Å²) in [6, 6.07) is 6.14. The first-order chi connectivity index (χ1) is 18.0. The van der Waals surface area contributed by atoms with Crippen LogP contribution in [-0.2, 0) is 22.4 Å². The molecular weight excluding hydrogens is 479 g/mol. The second-order valence-corrected chi connectivity index (χ2v) is 9.66. The highest BCUT2D eigenvalue weighted by Crippen LogP contribution is 2.31. The van der Waals surface area contributed by atoms with Crippen LogP contribution in [0.1, 0.15) is 63.4 Å². The maximum atomic E-state index is 14.9. The molecule has 1 aromatic heterocycles. The van der Waals surface area contributed by atoms with E-state index in [0.29, 0.717) is 68.5 Å². The van der Waals surface area contributed by atoms with E-state index in [0.717, 1.165) is 31.2 Å². The van der Waals surface area contributed by atoms with Crippen LogP contribution in [0.3, 0.4) is 0 Å². The van der Waals surface area contributed by atoms with Gasteiger partial charge in [-0.05, 0) is 49.4 Å². The van der Waals surface area contributed by atoms with Gasteiger partial charge in [0.2, 0.25) is 5.91 Å². The number of amides is 3. The molecule has 0 spiro atoms. The van der Waals surface area contributed by atoms with E-state index < -0.39 is 11.7 Å². The van der Waals surface area contributed by atoms with Gasteiger partial charge in [-0.15, -0.1) is 0 Å². The lowest BCUT2D eigenvalue weighted by atomic mass is 10.0. The van der Waals surface area contributed by atoms with Gasteiger partial charge in [-0.1, -0.05) is 6.07 Å². The fourth-order valence-corrected chi connectivity index (χ4v) is 4.99. The molecule has 0 radical (unpaired) electrons. The largest absolute Gasteiger partial charge is 0.491 e. The number of carbonyl (C=O) groups excluding carboxylic acids is 3. The average Bonchev–Trinajstić information content (AvgIpc) is 3.60. The van der Waals surface area contributed by atoms with Gasteiger partial charge in [0.25, 0.3) is 11.8 Å². The molecule has 0 saturated carbocycles. The summed E-state index contributed by atoms with van der Waals surface area (Å²) in [5.41, 5.74) is 2.28. The molecule has 1 aromatic carbocycles. The fraction of sp³-hybridized carbons (Fsp3) is 0.481. The van der Waals surface area contributed by atoms with Gasteiger partial charge in [0.05, 0.1) is 24.4 Å². The summed E-state index contributed by atoms with van der Waals surface area (Å²) in [5.74, 6) is -1.08. The Bertz CT molecular complexity index is 1190. The Labute approximate surface area is 214 Å². The number of pyridine rings is 1. The van der Waals surface area contributed by atoms with Gasteiger partial charge >= 0.3 is 0 Å². The van der Waals surface area contributed by atoms with Gasteiger partial charge < -0.3 is 25.0 Å². The number of carbonyl (C=O) groups is 3. The molecule has 3 amide bonds. The Morgan fingerprint density at radius 1 is 1.05 bits per heavy atom. The molecule has 3 aliphatic rings. The third-order valence-corrected chi connectivity index (χ3v) is 7.03. The van der Waals surface area contributed by atoms with Crippen molar-refractivity contribution >= 4 is 17.7 Å². The van der Waals surface area contributed by atoms with E-state index in [1.165, 1.54) is 12.1 Å². The number of halogens is 1. The van der Waals surface area contributed by atoms with Crippen LogP contribution in [0.25, 0.3) is 0 Å². The number of rotatable bonds is 7. The van der Waals surface area contributed by atoms with Crippen molar-refractivity contribution < 1.29 is 28.2 Å². The van der Waals surface area contributed by atoms with Crippen LogP contribution in [-0.4, -0.2) is 73.1 Å². The monoisotopic (exact) mass is 510 g/mol. The van der Waals surface area contributed by atoms with E-state index in [-0.39, 0.29) is 30.0 Å². The lowest BCUT2D eigenvalue weighted by Crippen LogP contribution is -2.39. The van der Waals surface area contributed by atoms with Gasteiger partial charge in [-0.25, -0.2) is 9.37 Å². The van der Waals surface area contributed by atoms with Crippen LogP contribution in [0, 0.1) is 5.82 Å². The van der Waals surface area contributed by atoms with Crippen molar-refractivity contribution in [2.45, 2.75) is 44.6 Å². The van der Waals surface area contributed by atoms with Gasteiger partial charge in [-0.3, -0.25) is 14.4 Å².